The molecule has 1 aromatic heterocycles. The molecule has 4 nitrogen and oxygen atoms in total. The highest BCUT2D eigenvalue weighted by atomic mass is 16.1. The molecule has 0 amide bonds. The van der Waals surface area contributed by atoms with Gasteiger partial charge >= 0.3 is 0 Å². The average molecular weight is 271 g/mol. The lowest BCUT2D eigenvalue weighted by Gasteiger charge is -2.24. The average Bonchev–Trinajstić information content (AvgIpc) is 2.73. The summed E-state index contributed by atoms with van der Waals surface area (Å²) in [6, 6.07) is 7.80. The Kier molecular flexibility index (Phi) is 3.83. The smallest absolute Gasteiger partial charge is 0.274 e. The van der Waals surface area contributed by atoms with Gasteiger partial charge in [-0.2, -0.15) is 5.10 Å². The third kappa shape index (κ3) is 2.36. The van der Waals surface area contributed by atoms with Gasteiger partial charge in [0.1, 0.15) is 0 Å². The van der Waals surface area contributed by atoms with Crippen LogP contribution in [-0.4, -0.2) is 16.3 Å². The minimum absolute atomic E-state index is 0.0217. The second-order valence-corrected chi connectivity index (χ2v) is 5.68. The normalized spacial score (nSPS) is 23.6. The molecule has 0 spiro atoms. The molecule has 1 saturated carbocycles. The minimum Gasteiger partial charge on any atom is -0.330 e. The molecular weight excluding hydrogens is 250 g/mol. The SMILES string of the molecule is NCC1CCCCCC1n1ncc2ccccc2c1=O. The van der Waals surface area contributed by atoms with Crippen LogP contribution >= 0.6 is 0 Å². The zero-order chi connectivity index (χ0) is 13.9. The molecule has 2 atom stereocenters. The summed E-state index contributed by atoms with van der Waals surface area (Å²) in [5.74, 6) is 0.365. The van der Waals surface area contributed by atoms with Gasteiger partial charge in [0.15, 0.2) is 0 Å². The molecule has 20 heavy (non-hydrogen) atoms. The van der Waals surface area contributed by atoms with Crippen molar-refractivity contribution < 1.29 is 0 Å². The molecule has 2 aromatic rings. The van der Waals surface area contributed by atoms with E-state index in [1.54, 1.807) is 10.9 Å². The molecule has 1 fully saturated rings. The first kappa shape index (κ1) is 13.3. The highest BCUT2D eigenvalue weighted by Crippen LogP contribution is 2.30. The number of hydrogen-bond acceptors (Lipinski definition) is 3. The summed E-state index contributed by atoms with van der Waals surface area (Å²) in [6.45, 7) is 0.631. The zero-order valence-electron chi connectivity index (χ0n) is 11.7. The fraction of sp³-hybridized carbons (Fsp3) is 0.500. The predicted octanol–water partition coefficient (Wildman–Crippen LogP) is 2.48. The van der Waals surface area contributed by atoms with Gasteiger partial charge in [0.05, 0.1) is 17.6 Å². The second kappa shape index (κ2) is 5.75. The number of benzene rings is 1. The summed E-state index contributed by atoms with van der Waals surface area (Å²) in [7, 11) is 0. The predicted molar refractivity (Wildman–Crippen MR) is 80.7 cm³/mol. The van der Waals surface area contributed by atoms with Gasteiger partial charge in [-0.05, 0) is 31.4 Å². The largest absolute Gasteiger partial charge is 0.330 e. The van der Waals surface area contributed by atoms with Crippen LogP contribution in [0.1, 0.15) is 38.1 Å². The van der Waals surface area contributed by atoms with Crippen LogP contribution in [0.3, 0.4) is 0 Å². The summed E-state index contributed by atoms with van der Waals surface area (Å²) in [5, 5.41) is 6.08. The van der Waals surface area contributed by atoms with Crippen molar-refractivity contribution in [3.63, 3.8) is 0 Å². The Morgan fingerprint density at radius 1 is 1.20 bits per heavy atom. The molecule has 0 saturated heterocycles. The summed E-state index contributed by atoms with van der Waals surface area (Å²) in [4.78, 5) is 12.7. The molecule has 1 aliphatic rings. The molecule has 2 unspecified atom stereocenters. The van der Waals surface area contributed by atoms with E-state index in [9.17, 15) is 4.79 Å². The van der Waals surface area contributed by atoms with Gasteiger partial charge in [0.25, 0.3) is 5.56 Å². The van der Waals surface area contributed by atoms with Crippen LogP contribution in [0.5, 0.6) is 0 Å². The van der Waals surface area contributed by atoms with Gasteiger partial charge < -0.3 is 5.73 Å². The Balaban J connectivity index is 2.08. The molecule has 4 heteroatoms. The summed E-state index contributed by atoms with van der Waals surface area (Å²) in [5.41, 5.74) is 5.94. The van der Waals surface area contributed by atoms with Crippen molar-refractivity contribution in [3.8, 4) is 0 Å². The van der Waals surface area contributed by atoms with Crippen LogP contribution in [-0.2, 0) is 0 Å². The van der Waals surface area contributed by atoms with Gasteiger partial charge in [-0.25, -0.2) is 4.68 Å². The number of nitrogens with zero attached hydrogens (tertiary/aromatic N) is 2. The molecule has 0 bridgehead atoms. The van der Waals surface area contributed by atoms with Crippen molar-refractivity contribution >= 4 is 10.8 Å². The van der Waals surface area contributed by atoms with Crippen LogP contribution in [0, 0.1) is 5.92 Å². The lowest BCUT2D eigenvalue weighted by molar-refractivity contribution is 0.286. The van der Waals surface area contributed by atoms with Gasteiger partial charge in [-0.15, -0.1) is 0 Å². The van der Waals surface area contributed by atoms with Crippen LogP contribution < -0.4 is 11.3 Å². The van der Waals surface area contributed by atoms with Gasteiger partial charge in [0, 0.05) is 5.39 Å². The standard InChI is InChI=1S/C16H21N3O/c17-10-12-6-2-1-3-9-15(12)19-16(20)14-8-5-4-7-13(14)11-18-19/h4-5,7-8,11-12,15H,1-3,6,9-10,17H2. The number of aromatic nitrogens is 2. The second-order valence-electron chi connectivity index (χ2n) is 5.68. The van der Waals surface area contributed by atoms with E-state index in [4.69, 9.17) is 5.73 Å². The maximum Gasteiger partial charge on any atom is 0.274 e. The lowest BCUT2D eigenvalue weighted by atomic mass is 9.95. The molecule has 0 radical (unpaired) electrons. The highest BCUT2D eigenvalue weighted by molar-refractivity contribution is 5.80. The molecule has 2 N–H and O–H groups in total. The van der Waals surface area contributed by atoms with Gasteiger partial charge in [0.2, 0.25) is 0 Å². The first-order chi connectivity index (χ1) is 9.81. The Labute approximate surface area is 118 Å². The number of hydrogen-bond donors (Lipinski definition) is 1. The van der Waals surface area contributed by atoms with Crippen molar-refractivity contribution in [2.75, 3.05) is 6.54 Å². The van der Waals surface area contributed by atoms with Crippen molar-refractivity contribution in [1.29, 1.82) is 0 Å². The van der Waals surface area contributed by atoms with E-state index in [2.05, 4.69) is 5.10 Å². The Morgan fingerprint density at radius 2 is 2.00 bits per heavy atom. The Hall–Kier alpha value is -1.68. The first-order valence-electron chi connectivity index (χ1n) is 7.48. The molecule has 106 valence electrons. The molecule has 1 aliphatic carbocycles. The van der Waals surface area contributed by atoms with E-state index in [0.29, 0.717) is 12.5 Å². The quantitative estimate of drug-likeness (QED) is 0.854. The fourth-order valence-corrected chi connectivity index (χ4v) is 3.30. The first-order valence-corrected chi connectivity index (χ1v) is 7.48. The minimum atomic E-state index is 0.0217. The van der Waals surface area contributed by atoms with Crippen molar-refractivity contribution in [2.45, 2.75) is 38.1 Å². The maximum absolute atomic E-state index is 12.7. The monoisotopic (exact) mass is 271 g/mol. The molecular formula is C16H21N3O. The fourth-order valence-electron chi connectivity index (χ4n) is 3.30. The number of fused-ring (bicyclic) bond motifs is 1. The molecule has 3 rings (SSSR count). The topological polar surface area (TPSA) is 60.9 Å². The van der Waals surface area contributed by atoms with Crippen LogP contribution in [0.25, 0.3) is 10.8 Å². The third-order valence-electron chi connectivity index (χ3n) is 4.46. The van der Waals surface area contributed by atoms with Gasteiger partial charge in [-0.3, -0.25) is 4.79 Å². The molecule has 0 aliphatic heterocycles. The van der Waals surface area contributed by atoms with E-state index < -0.39 is 0 Å². The van der Waals surface area contributed by atoms with Crippen LogP contribution in [0.15, 0.2) is 35.3 Å². The highest BCUT2D eigenvalue weighted by Gasteiger charge is 2.26. The van der Waals surface area contributed by atoms with E-state index in [1.807, 2.05) is 24.3 Å². The third-order valence-corrected chi connectivity index (χ3v) is 4.46. The van der Waals surface area contributed by atoms with E-state index in [0.717, 1.165) is 30.0 Å². The van der Waals surface area contributed by atoms with Crippen molar-refractivity contribution in [3.05, 3.63) is 40.8 Å². The summed E-state index contributed by atoms with van der Waals surface area (Å²) >= 11 is 0. The van der Waals surface area contributed by atoms with E-state index in [-0.39, 0.29) is 11.6 Å². The number of rotatable bonds is 2. The summed E-state index contributed by atoms with van der Waals surface area (Å²) in [6.07, 6.45) is 7.50. The van der Waals surface area contributed by atoms with Gasteiger partial charge in [-0.1, -0.05) is 37.5 Å². The van der Waals surface area contributed by atoms with Crippen molar-refractivity contribution in [1.82, 2.24) is 9.78 Å². The maximum atomic E-state index is 12.7. The lowest BCUT2D eigenvalue weighted by Crippen LogP contribution is -2.34. The van der Waals surface area contributed by atoms with E-state index >= 15 is 0 Å². The zero-order valence-corrected chi connectivity index (χ0v) is 11.7. The summed E-state index contributed by atoms with van der Waals surface area (Å²) < 4.78 is 1.69. The molecule has 1 heterocycles. The molecule has 1 aromatic carbocycles. The van der Waals surface area contributed by atoms with Crippen LogP contribution in [0.4, 0.5) is 0 Å². The Bertz CT molecular complexity index is 649. The number of nitrogens with two attached hydrogens (primary N) is 1. The van der Waals surface area contributed by atoms with Crippen LogP contribution in [0.2, 0.25) is 0 Å². The van der Waals surface area contributed by atoms with E-state index in [1.165, 1.54) is 12.8 Å². The van der Waals surface area contributed by atoms with Crippen molar-refractivity contribution in [2.24, 2.45) is 11.7 Å². The Morgan fingerprint density at radius 3 is 2.85 bits per heavy atom.